The van der Waals surface area contributed by atoms with Crippen molar-refractivity contribution in [3.63, 3.8) is 0 Å². The van der Waals surface area contributed by atoms with Gasteiger partial charge in [0.1, 0.15) is 17.9 Å². The lowest BCUT2D eigenvalue weighted by Crippen LogP contribution is -2.25. The van der Waals surface area contributed by atoms with Crippen molar-refractivity contribution in [1.82, 2.24) is 4.57 Å². The summed E-state index contributed by atoms with van der Waals surface area (Å²) in [5.74, 6) is -1.20. The number of ketones is 1. The Bertz CT molecular complexity index is 895. The van der Waals surface area contributed by atoms with Crippen LogP contribution in [0, 0.1) is 6.92 Å². The number of carbonyl (C=O) groups is 2. The van der Waals surface area contributed by atoms with Crippen LogP contribution in [-0.2, 0) is 16.6 Å². The number of allylic oxidation sites excluding steroid dienone is 1. The molecule has 0 bridgehead atoms. The van der Waals surface area contributed by atoms with Crippen molar-refractivity contribution in [2.75, 3.05) is 19.0 Å². The lowest BCUT2D eigenvalue weighted by molar-refractivity contribution is -0.119. The number of hydrogen-bond donors (Lipinski definition) is 2. The van der Waals surface area contributed by atoms with Crippen LogP contribution in [0.15, 0.2) is 28.4 Å². The molecule has 8 heteroatoms. The number of aryl methyl sites for hydroxylation is 1. The third-order valence-electron chi connectivity index (χ3n) is 3.47. The van der Waals surface area contributed by atoms with E-state index in [4.69, 9.17) is 4.74 Å². The van der Waals surface area contributed by atoms with E-state index in [1.807, 2.05) is 0 Å². The molecule has 0 fully saturated rings. The molecule has 0 aliphatic carbocycles. The van der Waals surface area contributed by atoms with Crippen LogP contribution in [0.1, 0.15) is 20.9 Å². The molecule has 0 radical (unpaired) electrons. The van der Waals surface area contributed by atoms with Gasteiger partial charge in [-0.3, -0.25) is 14.4 Å². The predicted molar refractivity (Wildman–Crippen MR) is 96.3 cm³/mol. The number of anilines is 1. The minimum absolute atomic E-state index is 0.0461. The van der Waals surface area contributed by atoms with Gasteiger partial charge < -0.3 is 19.7 Å². The maximum atomic E-state index is 12.3. The van der Waals surface area contributed by atoms with E-state index in [-0.39, 0.29) is 23.8 Å². The minimum atomic E-state index is -0.587. The van der Waals surface area contributed by atoms with Crippen molar-refractivity contribution in [2.24, 2.45) is 7.05 Å². The highest BCUT2D eigenvalue weighted by Gasteiger charge is 2.16. The standard InChI is InChI=1S/C17H18N2O5S/c1-10-6-14(21)16(17(23)19(10)2)13(20)5-4-12-7-11(9-25-12)18-15(22)8-24-3/h4-7,9,21H,8H2,1-3H3,(H,18,22). The summed E-state index contributed by atoms with van der Waals surface area (Å²) in [6.07, 6.45) is 2.75. The van der Waals surface area contributed by atoms with Crippen molar-refractivity contribution in [1.29, 1.82) is 0 Å². The SMILES string of the molecule is COCC(=O)Nc1csc(C=CC(=O)c2c(O)cc(C)n(C)c2=O)c1. The third kappa shape index (κ3) is 4.43. The number of carbonyl (C=O) groups excluding carboxylic acids is 2. The molecule has 2 aromatic rings. The van der Waals surface area contributed by atoms with Crippen molar-refractivity contribution in [3.05, 3.63) is 50.1 Å². The van der Waals surface area contributed by atoms with Crippen LogP contribution in [0.2, 0.25) is 0 Å². The van der Waals surface area contributed by atoms with E-state index in [0.717, 1.165) is 0 Å². The first kappa shape index (κ1) is 18.6. The number of aromatic nitrogens is 1. The molecule has 2 aromatic heterocycles. The van der Waals surface area contributed by atoms with Gasteiger partial charge in [0.05, 0.1) is 5.69 Å². The zero-order valence-electron chi connectivity index (χ0n) is 14.0. The molecule has 25 heavy (non-hydrogen) atoms. The second-order valence-electron chi connectivity index (χ2n) is 5.33. The summed E-state index contributed by atoms with van der Waals surface area (Å²) in [7, 11) is 2.96. The number of pyridine rings is 1. The van der Waals surface area contributed by atoms with E-state index in [2.05, 4.69) is 5.32 Å². The van der Waals surface area contributed by atoms with Crippen molar-refractivity contribution in [3.8, 4) is 5.75 Å². The van der Waals surface area contributed by atoms with Gasteiger partial charge >= 0.3 is 0 Å². The first-order valence-corrected chi connectivity index (χ1v) is 8.20. The highest BCUT2D eigenvalue weighted by molar-refractivity contribution is 7.11. The Morgan fingerprint density at radius 2 is 2.12 bits per heavy atom. The average Bonchev–Trinajstić information content (AvgIpc) is 2.98. The van der Waals surface area contributed by atoms with Crippen molar-refractivity contribution in [2.45, 2.75) is 6.92 Å². The van der Waals surface area contributed by atoms with Crippen molar-refractivity contribution >= 4 is 34.8 Å². The second kappa shape index (κ2) is 7.91. The summed E-state index contributed by atoms with van der Waals surface area (Å²) in [4.78, 5) is 36.5. The van der Waals surface area contributed by atoms with Gasteiger partial charge in [-0.15, -0.1) is 11.3 Å². The maximum Gasteiger partial charge on any atom is 0.265 e. The summed E-state index contributed by atoms with van der Waals surface area (Å²) in [5, 5.41) is 14.3. The molecule has 0 saturated carbocycles. The molecule has 1 amide bonds. The average molecular weight is 362 g/mol. The fourth-order valence-corrected chi connectivity index (χ4v) is 2.84. The van der Waals surface area contributed by atoms with E-state index in [1.165, 1.54) is 48.3 Å². The zero-order valence-corrected chi connectivity index (χ0v) is 14.8. The van der Waals surface area contributed by atoms with E-state index < -0.39 is 11.3 Å². The second-order valence-corrected chi connectivity index (χ2v) is 6.27. The quantitative estimate of drug-likeness (QED) is 0.605. The number of thiophene rings is 1. The largest absolute Gasteiger partial charge is 0.507 e. The van der Waals surface area contributed by atoms with Crippen molar-refractivity contribution < 1.29 is 19.4 Å². The van der Waals surface area contributed by atoms with E-state index in [0.29, 0.717) is 16.3 Å². The Labute approximate surface area is 148 Å². The van der Waals surface area contributed by atoms with Gasteiger partial charge in [-0.2, -0.15) is 0 Å². The number of aromatic hydroxyl groups is 1. The Hall–Kier alpha value is -2.71. The first-order chi connectivity index (χ1) is 11.8. The molecule has 0 aromatic carbocycles. The molecular weight excluding hydrogens is 344 g/mol. The number of hydrogen-bond acceptors (Lipinski definition) is 6. The van der Waals surface area contributed by atoms with E-state index in [9.17, 15) is 19.5 Å². The Kier molecular flexibility index (Phi) is 5.89. The molecule has 132 valence electrons. The van der Waals surface area contributed by atoms with E-state index in [1.54, 1.807) is 18.4 Å². The van der Waals surface area contributed by atoms with Crippen LogP contribution >= 0.6 is 11.3 Å². The summed E-state index contributed by atoms with van der Waals surface area (Å²) in [6.45, 7) is 1.62. The molecule has 0 unspecified atom stereocenters. The molecule has 0 aliphatic rings. The number of rotatable bonds is 6. The molecule has 7 nitrogen and oxygen atoms in total. The Balaban J connectivity index is 2.17. The normalized spacial score (nSPS) is 11.0. The van der Waals surface area contributed by atoms with Gasteiger partial charge in [0, 0.05) is 36.2 Å². The number of nitrogens with one attached hydrogen (secondary N) is 1. The van der Waals surface area contributed by atoms with Crippen LogP contribution in [0.5, 0.6) is 5.75 Å². The number of amides is 1. The highest BCUT2D eigenvalue weighted by Crippen LogP contribution is 2.21. The minimum Gasteiger partial charge on any atom is -0.507 e. The Morgan fingerprint density at radius 1 is 1.40 bits per heavy atom. The van der Waals surface area contributed by atoms with Crippen LogP contribution in [-0.4, -0.2) is 35.1 Å². The number of ether oxygens (including phenoxy) is 1. The Morgan fingerprint density at radius 3 is 2.80 bits per heavy atom. The van der Waals surface area contributed by atoms with Crippen LogP contribution in [0.25, 0.3) is 6.08 Å². The molecule has 2 rings (SSSR count). The van der Waals surface area contributed by atoms with Crippen LogP contribution in [0.4, 0.5) is 5.69 Å². The number of methoxy groups -OCH3 is 1. The van der Waals surface area contributed by atoms with Crippen LogP contribution in [0.3, 0.4) is 0 Å². The predicted octanol–water partition coefficient (Wildman–Crippen LogP) is 1.94. The zero-order chi connectivity index (χ0) is 18.6. The molecule has 0 saturated heterocycles. The topological polar surface area (TPSA) is 97.6 Å². The molecule has 2 N–H and O–H groups in total. The fraction of sp³-hybridized carbons (Fsp3) is 0.235. The summed E-state index contributed by atoms with van der Waals surface area (Å²) in [6, 6.07) is 3.06. The lowest BCUT2D eigenvalue weighted by Gasteiger charge is -2.07. The van der Waals surface area contributed by atoms with Gasteiger partial charge in [0.25, 0.3) is 5.56 Å². The first-order valence-electron chi connectivity index (χ1n) is 7.32. The monoisotopic (exact) mass is 362 g/mol. The molecule has 2 heterocycles. The lowest BCUT2D eigenvalue weighted by atomic mass is 10.1. The highest BCUT2D eigenvalue weighted by atomic mass is 32.1. The summed E-state index contributed by atoms with van der Waals surface area (Å²) >= 11 is 1.32. The van der Waals surface area contributed by atoms with Gasteiger partial charge in [0.15, 0.2) is 5.78 Å². The smallest absolute Gasteiger partial charge is 0.265 e. The summed E-state index contributed by atoms with van der Waals surface area (Å²) < 4.78 is 6.03. The molecular formula is C17H18N2O5S. The molecule has 0 spiro atoms. The van der Waals surface area contributed by atoms with Gasteiger partial charge in [-0.05, 0) is 25.1 Å². The fourth-order valence-electron chi connectivity index (χ4n) is 2.11. The molecule has 0 aliphatic heterocycles. The maximum absolute atomic E-state index is 12.3. The van der Waals surface area contributed by atoms with E-state index >= 15 is 0 Å². The molecule has 0 atom stereocenters. The summed E-state index contributed by atoms with van der Waals surface area (Å²) in [5.41, 5.74) is 0.325. The number of nitrogens with zero attached hydrogens (tertiary/aromatic N) is 1. The van der Waals surface area contributed by atoms with Gasteiger partial charge in [0.2, 0.25) is 5.91 Å². The van der Waals surface area contributed by atoms with Gasteiger partial charge in [-0.25, -0.2) is 0 Å². The van der Waals surface area contributed by atoms with Crippen LogP contribution < -0.4 is 10.9 Å². The van der Waals surface area contributed by atoms with Gasteiger partial charge in [-0.1, -0.05) is 0 Å². The third-order valence-corrected chi connectivity index (χ3v) is 4.37.